The number of aliphatic carboxylic acids is 2. The topological polar surface area (TPSA) is 116 Å². The van der Waals surface area contributed by atoms with Crippen LogP contribution in [-0.4, -0.2) is 47.2 Å². The SMILES string of the molecule is O=C(O)CC[C@H](NC(=O)CNCC1CC1)C(=O)O. The molecular weight excluding hydrogens is 240 g/mol. The third-order valence-electron chi connectivity index (χ3n) is 2.70. The van der Waals surface area contributed by atoms with E-state index in [9.17, 15) is 14.4 Å². The van der Waals surface area contributed by atoms with Crippen LogP contribution in [0.5, 0.6) is 0 Å². The van der Waals surface area contributed by atoms with Gasteiger partial charge < -0.3 is 20.8 Å². The minimum atomic E-state index is -1.22. The van der Waals surface area contributed by atoms with Gasteiger partial charge >= 0.3 is 11.9 Å². The van der Waals surface area contributed by atoms with Crippen LogP contribution in [0.15, 0.2) is 0 Å². The zero-order valence-electron chi connectivity index (χ0n) is 10.0. The average Bonchev–Trinajstić information content (AvgIpc) is 3.07. The molecule has 1 aliphatic carbocycles. The van der Waals surface area contributed by atoms with Crippen LogP contribution in [0, 0.1) is 5.92 Å². The van der Waals surface area contributed by atoms with Crippen molar-refractivity contribution in [2.24, 2.45) is 5.92 Å². The molecule has 0 aromatic rings. The summed E-state index contributed by atoms with van der Waals surface area (Å²) in [6, 6.07) is -1.14. The Balaban J connectivity index is 2.22. The minimum absolute atomic E-state index is 0.0628. The van der Waals surface area contributed by atoms with Gasteiger partial charge in [-0.1, -0.05) is 0 Å². The van der Waals surface area contributed by atoms with Gasteiger partial charge in [0.05, 0.1) is 6.54 Å². The zero-order valence-corrected chi connectivity index (χ0v) is 10.0. The first-order valence-electron chi connectivity index (χ1n) is 5.93. The highest BCUT2D eigenvalue weighted by Gasteiger charge is 2.22. The van der Waals surface area contributed by atoms with Gasteiger partial charge in [-0.05, 0) is 31.7 Å². The van der Waals surface area contributed by atoms with Crippen molar-refractivity contribution >= 4 is 17.8 Å². The van der Waals surface area contributed by atoms with Crippen molar-refractivity contribution < 1.29 is 24.6 Å². The molecule has 0 unspecified atom stereocenters. The Morgan fingerprint density at radius 3 is 2.39 bits per heavy atom. The van der Waals surface area contributed by atoms with Gasteiger partial charge in [0, 0.05) is 6.42 Å². The molecule has 0 spiro atoms. The summed E-state index contributed by atoms with van der Waals surface area (Å²) in [4.78, 5) is 32.6. The molecule has 4 N–H and O–H groups in total. The number of nitrogens with one attached hydrogen (secondary N) is 2. The Labute approximate surface area is 105 Å². The van der Waals surface area contributed by atoms with Gasteiger partial charge in [0.2, 0.25) is 5.91 Å². The number of hydrogen-bond donors (Lipinski definition) is 4. The molecule has 0 bridgehead atoms. The summed E-state index contributed by atoms with van der Waals surface area (Å²) in [6.07, 6.45) is 1.95. The lowest BCUT2D eigenvalue weighted by atomic mass is 10.1. The van der Waals surface area contributed by atoms with E-state index >= 15 is 0 Å². The summed E-state index contributed by atoms with van der Waals surface area (Å²) >= 11 is 0. The lowest BCUT2D eigenvalue weighted by molar-refractivity contribution is -0.142. The van der Waals surface area contributed by atoms with Gasteiger partial charge in [0.1, 0.15) is 6.04 Å². The van der Waals surface area contributed by atoms with Crippen LogP contribution < -0.4 is 10.6 Å². The van der Waals surface area contributed by atoms with Gasteiger partial charge in [-0.2, -0.15) is 0 Å². The Hall–Kier alpha value is -1.63. The van der Waals surface area contributed by atoms with Crippen molar-refractivity contribution in [3.8, 4) is 0 Å². The maximum atomic E-state index is 11.4. The van der Waals surface area contributed by atoms with E-state index in [4.69, 9.17) is 10.2 Å². The second kappa shape index (κ2) is 6.95. The molecule has 0 aromatic heterocycles. The minimum Gasteiger partial charge on any atom is -0.481 e. The molecule has 0 radical (unpaired) electrons. The highest BCUT2D eigenvalue weighted by atomic mass is 16.4. The molecule has 1 saturated carbocycles. The summed E-state index contributed by atoms with van der Waals surface area (Å²) in [6.45, 7) is 0.827. The van der Waals surface area contributed by atoms with E-state index in [1.54, 1.807) is 0 Å². The number of carbonyl (C=O) groups excluding carboxylic acids is 1. The van der Waals surface area contributed by atoms with Crippen LogP contribution >= 0.6 is 0 Å². The van der Waals surface area contributed by atoms with Gasteiger partial charge in [-0.15, -0.1) is 0 Å². The highest BCUT2D eigenvalue weighted by molar-refractivity contribution is 5.85. The van der Waals surface area contributed by atoms with Crippen LogP contribution in [0.25, 0.3) is 0 Å². The quantitative estimate of drug-likeness (QED) is 0.440. The summed E-state index contributed by atoms with van der Waals surface area (Å²) in [5.41, 5.74) is 0. The summed E-state index contributed by atoms with van der Waals surface area (Å²) in [5, 5.41) is 22.5. The van der Waals surface area contributed by atoms with Crippen molar-refractivity contribution in [2.45, 2.75) is 31.7 Å². The Bertz CT molecular complexity index is 327. The van der Waals surface area contributed by atoms with E-state index in [1.807, 2.05) is 0 Å². The smallest absolute Gasteiger partial charge is 0.326 e. The Morgan fingerprint density at radius 2 is 1.89 bits per heavy atom. The fourth-order valence-corrected chi connectivity index (χ4v) is 1.48. The van der Waals surface area contributed by atoms with Crippen LogP contribution in [-0.2, 0) is 14.4 Å². The normalized spacial score (nSPS) is 16.0. The molecule has 7 heteroatoms. The van der Waals surface area contributed by atoms with Gasteiger partial charge in [-0.3, -0.25) is 9.59 Å². The average molecular weight is 258 g/mol. The van der Waals surface area contributed by atoms with Gasteiger partial charge in [0.25, 0.3) is 0 Å². The molecule has 1 amide bonds. The van der Waals surface area contributed by atoms with Crippen molar-refractivity contribution in [1.82, 2.24) is 10.6 Å². The van der Waals surface area contributed by atoms with Gasteiger partial charge in [-0.25, -0.2) is 4.79 Å². The number of hydrogen-bond acceptors (Lipinski definition) is 4. The lowest BCUT2D eigenvalue weighted by Crippen LogP contribution is -2.45. The molecule has 1 rings (SSSR count). The first-order valence-corrected chi connectivity index (χ1v) is 5.93. The molecule has 0 aliphatic heterocycles. The third kappa shape index (κ3) is 6.19. The summed E-state index contributed by atoms with van der Waals surface area (Å²) < 4.78 is 0. The first-order chi connectivity index (χ1) is 8.49. The van der Waals surface area contributed by atoms with E-state index < -0.39 is 23.9 Å². The second-order valence-electron chi connectivity index (χ2n) is 4.47. The molecule has 102 valence electrons. The first kappa shape index (κ1) is 14.4. The largest absolute Gasteiger partial charge is 0.481 e. The molecule has 7 nitrogen and oxygen atoms in total. The monoisotopic (exact) mass is 258 g/mol. The number of amides is 1. The maximum Gasteiger partial charge on any atom is 0.326 e. The molecule has 1 fully saturated rings. The predicted molar refractivity (Wildman–Crippen MR) is 62.0 cm³/mol. The fraction of sp³-hybridized carbons (Fsp3) is 0.727. The number of carboxylic acid groups (broad SMARTS) is 2. The fourth-order valence-electron chi connectivity index (χ4n) is 1.48. The number of carboxylic acids is 2. The number of rotatable bonds is 9. The molecule has 0 aromatic carbocycles. The molecule has 0 heterocycles. The molecule has 0 saturated heterocycles. The van der Waals surface area contributed by atoms with E-state index in [1.165, 1.54) is 12.8 Å². The standard InChI is InChI=1S/C11H18N2O5/c14-9(6-12-5-7-1-2-7)13-8(11(17)18)3-4-10(15)16/h7-8,12H,1-6H2,(H,13,14)(H,15,16)(H,17,18)/t8-/m0/s1. The van der Waals surface area contributed by atoms with Gasteiger partial charge in [0.15, 0.2) is 0 Å². The summed E-state index contributed by atoms with van der Waals surface area (Å²) in [7, 11) is 0. The van der Waals surface area contributed by atoms with Crippen molar-refractivity contribution in [2.75, 3.05) is 13.1 Å². The van der Waals surface area contributed by atoms with Crippen molar-refractivity contribution in [3.05, 3.63) is 0 Å². The van der Waals surface area contributed by atoms with Crippen LogP contribution in [0.4, 0.5) is 0 Å². The van der Waals surface area contributed by atoms with E-state index in [-0.39, 0.29) is 19.4 Å². The molecular formula is C11H18N2O5. The Morgan fingerprint density at radius 1 is 1.22 bits per heavy atom. The van der Waals surface area contributed by atoms with E-state index in [0.717, 1.165) is 6.54 Å². The molecule has 18 heavy (non-hydrogen) atoms. The van der Waals surface area contributed by atoms with Crippen LogP contribution in [0.3, 0.4) is 0 Å². The number of carbonyl (C=O) groups is 3. The maximum absolute atomic E-state index is 11.4. The molecule has 1 aliphatic rings. The Kier molecular flexibility index (Phi) is 5.57. The van der Waals surface area contributed by atoms with E-state index in [0.29, 0.717) is 5.92 Å². The zero-order chi connectivity index (χ0) is 13.5. The van der Waals surface area contributed by atoms with E-state index in [2.05, 4.69) is 10.6 Å². The van der Waals surface area contributed by atoms with Crippen LogP contribution in [0.2, 0.25) is 0 Å². The summed E-state index contributed by atoms with van der Waals surface area (Å²) in [5.74, 6) is -2.08. The predicted octanol–water partition coefficient (Wildman–Crippen LogP) is -0.580. The molecule has 1 atom stereocenters. The highest BCUT2D eigenvalue weighted by Crippen LogP contribution is 2.27. The third-order valence-corrected chi connectivity index (χ3v) is 2.70. The van der Waals surface area contributed by atoms with Crippen LogP contribution in [0.1, 0.15) is 25.7 Å². The van der Waals surface area contributed by atoms with Crippen molar-refractivity contribution in [3.63, 3.8) is 0 Å². The van der Waals surface area contributed by atoms with Crippen molar-refractivity contribution in [1.29, 1.82) is 0 Å². The second-order valence-corrected chi connectivity index (χ2v) is 4.47. The lowest BCUT2D eigenvalue weighted by Gasteiger charge is -2.13.